The molecule has 0 aromatic heterocycles. The Morgan fingerprint density at radius 1 is 1.65 bits per heavy atom. The van der Waals surface area contributed by atoms with Crippen molar-refractivity contribution in [3.63, 3.8) is 0 Å². The molecule has 8 heteroatoms. The molecule has 1 fully saturated rings. The molecule has 0 bridgehead atoms. The molecule has 1 heterocycles. The van der Waals surface area contributed by atoms with Gasteiger partial charge in [0.2, 0.25) is 4.91 Å². The highest BCUT2D eigenvalue weighted by Gasteiger charge is 2.51. The third kappa shape index (κ3) is 3.91. The van der Waals surface area contributed by atoms with Crippen molar-refractivity contribution >= 4 is 28.7 Å². The lowest BCUT2D eigenvalue weighted by atomic mass is 9.82. The minimum absolute atomic E-state index is 0.150. The predicted molar refractivity (Wildman–Crippen MR) is 78.0 cm³/mol. The summed E-state index contributed by atoms with van der Waals surface area (Å²) in [7, 11) is 0. The average molecular weight is 392 g/mol. The van der Waals surface area contributed by atoms with Crippen molar-refractivity contribution in [3.8, 4) is 9.85 Å². The van der Waals surface area contributed by atoms with E-state index in [1.54, 1.807) is 0 Å². The van der Waals surface area contributed by atoms with Gasteiger partial charge < -0.3 is 19.5 Å². The number of halogens is 1. The molecule has 1 aliphatic rings. The Kier molecular flexibility index (Phi) is 5.92. The fourth-order valence-corrected chi connectivity index (χ4v) is 2.66. The molecule has 0 aromatic rings. The predicted octanol–water partition coefficient (Wildman–Crippen LogP) is 0.760. The number of hydrogen-bond acceptors (Lipinski definition) is 5. The summed E-state index contributed by atoms with van der Waals surface area (Å²) in [6, 6.07) is -0.972. The summed E-state index contributed by atoms with van der Waals surface area (Å²) < 4.78 is 8.24. The first-order chi connectivity index (χ1) is 9.32. The number of hydrogen-bond donors (Lipinski definition) is 1. The van der Waals surface area contributed by atoms with Crippen molar-refractivity contribution in [3.05, 3.63) is 0 Å². The van der Waals surface area contributed by atoms with Crippen LogP contribution in [0.5, 0.6) is 0 Å². The highest BCUT2D eigenvalue weighted by Crippen LogP contribution is 2.35. The zero-order valence-corrected chi connectivity index (χ0v) is 13.7. The van der Waals surface area contributed by atoms with Crippen LogP contribution in [0.4, 0.5) is 4.79 Å². The molecule has 7 nitrogen and oxygen atoms in total. The van der Waals surface area contributed by atoms with E-state index in [-0.39, 0.29) is 18.6 Å². The van der Waals surface area contributed by atoms with E-state index in [0.29, 0.717) is 0 Å². The fourth-order valence-electron chi connectivity index (χ4n) is 2.50. The molecule has 1 rings (SSSR count). The summed E-state index contributed by atoms with van der Waals surface area (Å²) in [6.07, 6.45) is -1.73. The minimum Gasteiger partial charge on any atom is -0.530 e. The lowest BCUT2D eigenvalue weighted by molar-refractivity contribution is -0.268. The van der Waals surface area contributed by atoms with Crippen molar-refractivity contribution in [2.75, 3.05) is 13.2 Å². The van der Waals surface area contributed by atoms with Gasteiger partial charge in [0, 0.05) is 29.1 Å². The van der Waals surface area contributed by atoms with Gasteiger partial charge in [0.1, 0.15) is 29.4 Å². The van der Waals surface area contributed by atoms with Crippen molar-refractivity contribution in [2.24, 2.45) is 10.5 Å². The Labute approximate surface area is 131 Å². The van der Waals surface area contributed by atoms with Gasteiger partial charge in [0.05, 0.1) is 6.04 Å². The second-order valence-electron chi connectivity index (χ2n) is 5.56. The van der Waals surface area contributed by atoms with Crippen LogP contribution in [-0.2, 0) is 4.74 Å². The molecule has 0 radical (unpaired) electrons. The van der Waals surface area contributed by atoms with Crippen LogP contribution >= 0.6 is 22.6 Å². The number of rotatable bonds is 3. The molecule has 1 saturated heterocycles. The van der Waals surface area contributed by atoms with E-state index in [9.17, 15) is 9.90 Å². The zero-order valence-electron chi connectivity index (χ0n) is 11.6. The Hall–Kier alpha value is -1.17. The molecule has 1 amide bonds. The monoisotopic (exact) mass is 392 g/mol. The van der Waals surface area contributed by atoms with Crippen LogP contribution in [0.15, 0.2) is 5.11 Å². The minimum atomic E-state index is -1.26. The van der Waals surface area contributed by atoms with Gasteiger partial charge in [0.15, 0.2) is 6.04 Å². The van der Waals surface area contributed by atoms with Gasteiger partial charge in [-0.3, -0.25) is 0 Å². The van der Waals surface area contributed by atoms with Gasteiger partial charge in [-0.15, -0.1) is 0 Å². The quantitative estimate of drug-likeness (QED) is 0.332. The Morgan fingerprint density at radius 2 is 2.30 bits per heavy atom. The smallest absolute Gasteiger partial charge is 0.214 e. The van der Waals surface area contributed by atoms with Crippen LogP contribution in [0, 0.1) is 20.8 Å². The van der Waals surface area contributed by atoms with Crippen LogP contribution in [0.3, 0.4) is 0 Å². The molecule has 0 aliphatic carbocycles. The fraction of sp³-hybridized carbons (Fsp3) is 0.750. The Bertz CT molecular complexity index is 473. The van der Waals surface area contributed by atoms with Crippen LogP contribution < -0.4 is 10.0 Å². The summed E-state index contributed by atoms with van der Waals surface area (Å²) in [4.78, 5) is 15.6. The third-order valence-electron chi connectivity index (χ3n) is 3.17. The lowest BCUT2D eigenvalue weighted by Gasteiger charge is -2.36. The number of nitrogens with zero attached hydrogens (tertiary/aromatic N) is 3. The van der Waals surface area contributed by atoms with E-state index in [4.69, 9.17) is 10.3 Å². The molecular weight excluding hydrogens is 375 g/mol. The van der Waals surface area contributed by atoms with Crippen molar-refractivity contribution in [2.45, 2.75) is 39.0 Å². The molecule has 0 aromatic carbocycles. The van der Waals surface area contributed by atoms with Crippen LogP contribution in [0.2, 0.25) is 0 Å². The topological polar surface area (TPSA) is 103 Å². The lowest BCUT2D eigenvalue weighted by Crippen LogP contribution is -2.51. The first-order valence-corrected chi connectivity index (χ1v) is 7.15. The number of carbonyl (C=O) groups excluding carboxylic acids is 1. The van der Waals surface area contributed by atoms with Crippen molar-refractivity contribution in [1.82, 2.24) is 9.81 Å². The van der Waals surface area contributed by atoms with Gasteiger partial charge >= 0.3 is 0 Å². The van der Waals surface area contributed by atoms with Crippen molar-refractivity contribution in [1.29, 1.82) is 5.53 Å². The first-order valence-electron chi connectivity index (χ1n) is 6.07. The van der Waals surface area contributed by atoms with Crippen LogP contribution in [0.25, 0.3) is 0 Å². The summed E-state index contributed by atoms with van der Waals surface area (Å²) in [5.74, 6) is 2.75. The number of amides is 1. The van der Waals surface area contributed by atoms with Gasteiger partial charge in [-0.2, -0.15) is 0 Å². The van der Waals surface area contributed by atoms with E-state index in [1.807, 2.05) is 43.4 Å². The normalized spacial score (nSPS) is 25.6. The van der Waals surface area contributed by atoms with E-state index in [0.717, 1.165) is 0 Å². The maximum atomic E-state index is 11.3. The summed E-state index contributed by atoms with van der Waals surface area (Å²) in [5, 5.41) is 15.1. The van der Waals surface area contributed by atoms with Gasteiger partial charge in [-0.25, -0.2) is 0 Å². The van der Waals surface area contributed by atoms with E-state index in [1.165, 1.54) is 4.90 Å². The van der Waals surface area contributed by atoms with Gasteiger partial charge in [0.25, 0.3) is 0 Å². The highest BCUT2D eigenvalue weighted by molar-refractivity contribution is 14.1. The number of likely N-dealkylation sites (tertiary alicyclic amines) is 1. The molecular formula is C12H17IN4O3. The second-order valence-corrected chi connectivity index (χ2v) is 6.10. The second kappa shape index (κ2) is 7.02. The highest BCUT2D eigenvalue weighted by atomic mass is 127. The molecule has 1 unspecified atom stereocenters. The van der Waals surface area contributed by atoms with E-state index in [2.05, 4.69) is 19.9 Å². The molecule has 0 saturated carbocycles. The summed E-state index contributed by atoms with van der Waals surface area (Å²) >= 11 is 1.90. The Morgan fingerprint density at radius 3 is 2.75 bits per heavy atom. The number of carboxylic acid groups (broad SMARTS) is 1. The summed E-state index contributed by atoms with van der Waals surface area (Å²) in [6.45, 7) is 6.07. The van der Waals surface area contributed by atoms with Gasteiger partial charge in [-0.1, -0.05) is 26.7 Å². The number of ether oxygens (including phenoxy) is 1. The molecule has 20 heavy (non-hydrogen) atoms. The van der Waals surface area contributed by atoms with Gasteiger partial charge in [-0.05, 0) is 9.34 Å². The van der Waals surface area contributed by atoms with E-state index >= 15 is 0 Å². The van der Waals surface area contributed by atoms with Crippen LogP contribution in [-0.4, -0.2) is 42.3 Å². The largest absolute Gasteiger partial charge is 0.530 e. The molecule has 3 atom stereocenters. The molecule has 1 aliphatic heterocycles. The van der Waals surface area contributed by atoms with E-state index < -0.39 is 24.3 Å². The molecule has 0 spiro atoms. The SMILES string of the molecule is CC(C)(C)C1[C@@H](N=[N+]=N)[C@H](OCC#CI)CN1C(=O)[O-]. The molecule has 110 valence electrons. The standard InChI is InChI=1S/C12H17IN4O3/c1-12(2,3)10-9(15-16-14)8(20-6-4-5-13)7-17(10)11(18)19/h8-10,14H,6-7H2,1-3H3/t8-,9+,10?/m1/s1. The number of carbonyl (C=O) groups is 1. The van der Waals surface area contributed by atoms with Crippen LogP contribution in [0.1, 0.15) is 20.8 Å². The zero-order chi connectivity index (χ0) is 15.3. The first kappa shape index (κ1) is 16.9. The third-order valence-corrected chi connectivity index (χ3v) is 3.55. The Balaban J connectivity index is 3.05. The number of nitrogens with one attached hydrogen (secondary N) is 1. The molecule has 1 N–H and O–H groups in total. The maximum absolute atomic E-state index is 11.3. The maximum Gasteiger partial charge on any atom is 0.214 e. The average Bonchev–Trinajstić information content (AvgIpc) is 2.69. The van der Waals surface area contributed by atoms with Crippen molar-refractivity contribution < 1.29 is 14.6 Å². The summed E-state index contributed by atoms with van der Waals surface area (Å²) in [5.41, 5.74) is 6.56.